The first-order chi connectivity index (χ1) is 10.6. The maximum atomic E-state index is 13.5. The monoisotopic (exact) mass is 318 g/mol. The summed E-state index contributed by atoms with van der Waals surface area (Å²) in [6, 6.07) is 6.27. The van der Waals surface area contributed by atoms with Crippen LogP contribution in [0.5, 0.6) is 0 Å². The molecule has 0 spiro atoms. The third-order valence-electron chi connectivity index (χ3n) is 2.84. The van der Waals surface area contributed by atoms with E-state index in [4.69, 9.17) is 4.52 Å². The number of aromatic nitrogens is 3. The van der Waals surface area contributed by atoms with Crippen LogP contribution in [-0.4, -0.2) is 21.0 Å². The summed E-state index contributed by atoms with van der Waals surface area (Å²) in [5.41, 5.74) is 0.863. The van der Waals surface area contributed by atoms with Crippen molar-refractivity contribution in [2.75, 3.05) is 0 Å². The molecular formula is C14H11FN4O2S. The number of carbonyl (C=O) groups is 1. The van der Waals surface area contributed by atoms with Gasteiger partial charge in [0.2, 0.25) is 0 Å². The second-order valence-electron chi connectivity index (χ2n) is 4.46. The smallest absolute Gasteiger partial charge is 0.280 e. The van der Waals surface area contributed by atoms with Crippen LogP contribution in [-0.2, 0) is 6.54 Å². The lowest BCUT2D eigenvalue weighted by Crippen LogP contribution is -2.23. The van der Waals surface area contributed by atoms with Gasteiger partial charge in [-0.05, 0) is 13.0 Å². The van der Waals surface area contributed by atoms with Gasteiger partial charge in [0.25, 0.3) is 11.8 Å². The highest BCUT2D eigenvalue weighted by molar-refractivity contribution is 7.12. The van der Waals surface area contributed by atoms with Crippen molar-refractivity contribution in [2.24, 2.45) is 0 Å². The molecular weight excluding hydrogens is 307 g/mol. The number of nitrogens with one attached hydrogen (secondary N) is 1. The quantitative estimate of drug-likeness (QED) is 0.799. The Labute approximate surface area is 129 Å². The molecule has 0 aliphatic rings. The van der Waals surface area contributed by atoms with Gasteiger partial charge in [-0.25, -0.2) is 9.37 Å². The molecule has 0 unspecified atom stereocenters. The Bertz CT molecular complexity index is 815. The van der Waals surface area contributed by atoms with Crippen LogP contribution >= 0.6 is 11.3 Å². The van der Waals surface area contributed by atoms with Crippen LogP contribution in [0, 0.1) is 12.7 Å². The van der Waals surface area contributed by atoms with Crippen LogP contribution < -0.4 is 5.32 Å². The molecule has 8 heteroatoms. The molecule has 6 nitrogen and oxygen atoms in total. The number of rotatable bonds is 4. The van der Waals surface area contributed by atoms with E-state index in [1.807, 2.05) is 0 Å². The van der Waals surface area contributed by atoms with Gasteiger partial charge in [-0.1, -0.05) is 23.4 Å². The van der Waals surface area contributed by atoms with Gasteiger partial charge in [0, 0.05) is 17.5 Å². The average Bonchev–Trinajstić information content (AvgIpc) is 3.15. The molecule has 0 fully saturated rings. The minimum absolute atomic E-state index is 0.0973. The fourth-order valence-electron chi connectivity index (χ4n) is 1.77. The van der Waals surface area contributed by atoms with Gasteiger partial charge in [-0.2, -0.15) is 4.98 Å². The Hall–Kier alpha value is -2.61. The number of nitrogens with zero attached hydrogens (tertiary/aromatic N) is 3. The van der Waals surface area contributed by atoms with Gasteiger partial charge in [0.15, 0.2) is 10.8 Å². The number of hydrogen-bond donors (Lipinski definition) is 1. The van der Waals surface area contributed by atoms with E-state index >= 15 is 0 Å². The van der Waals surface area contributed by atoms with E-state index in [0.717, 1.165) is 11.3 Å². The van der Waals surface area contributed by atoms with Crippen LogP contribution in [0.2, 0.25) is 0 Å². The zero-order chi connectivity index (χ0) is 15.5. The molecule has 0 atom stereocenters. The molecule has 112 valence electrons. The summed E-state index contributed by atoms with van der Waals surface area (Å²) in [5.74, 6) is 0.0233. The Morgan fingerprint density at radius 2 is 2.18 bits per heavy atom. The molecule has 2 aromatic heterocycles. The number of halogens is 1. The topological polar surface area (TPSA) is 80.9 Å². The van der Waals surface area contributed by atoms with Gasteiger partial charge in [-0.3, -0.25) is 4.79 Å². The zero-order valence-electron chi connectivity index (χ0n) is 11.5. The van der Waals surface area contributed by atoms with E-state index in [0.29, 0.717) is 17.1 Å². The molecule has 0 aliphatic heterocycles. The number of amides is 1. The number of carbonyl (C=O) groups excluding carboxylic acids is 1. The van der Waals surface area contributed by atoms with Crippen molar-refractivity contribution in [1.29, 1.82) is 0 Å². The minimum Gasteiger partial charge on any atom is -0.346 e. The maximum absolute atomic E-state index is 13.5. The first-order valence-corrected chi connectivity index (χ1v) is 7.29. The third kappa shape index (κ3) is 3.01. The van der Waals surface area contributed by atoms with Gasteiger partial charge in [0.1, 0.15) is 11.5 Å². The molecule has 22 heavy (non-hydrogen) atoms. The van der Waals surface area contributed by atoms with Crippen LogP contribution in [0.3, 0.4) is 0 Å². The number of thiazole rings is 1. The highest BCUT2D eigenvalue weighted by Gasteiger charge is 2.15. The van der Waals surface area contributed by atoms with Gasteiger partial charge >= 0.3 is 0 Å². The van der Waals surface area contributed by atoms with Crippen molar-refractivity contribution in [1.82, 2.24) is 20.4 Å². The Kier molecular flexibility index (Phi) is 3.92. The normalized spacial score (nSPS) is 10.6. The first-order valence-electron chi connectivity index (χ1n) is 6.41. The van der Waals surface area contributed by atoms with Gasteiger partial charge in [0.05, 0.1) is 0 Å². The second kappa shape index (κ2) is 6.02. The predicted octanol–water partition coefficient (Wildman–Crippen LogP) is 2.57. The summed E-state index contributed by atoms with van der Waals surface area (Å²) in [6.45, 7) is 1.79. The Morgan fingerprint density at radius 3 is 2.91 bits per heavy atom. The highest BCUT2D eigenvalue weighted by Crippen LogP contribution is 2.20. The van der Waals surface area contributed by atoms with E-state index in [1.54, 1.807) is 30.5 Å². The third-order valence-corrected chi connectivity index (χ3v) is 3.68. The van der Waals surface area contributed by atoms with Crippen molar-refractivity contribution in [3.63, 3.8) is 0 Å². The molecule has 0 radical (unpaired) electrons. The summed E-state index contributed by atoms with van der Waals surface area (Å²) in [4.78, 5) is 20.2. The Balaban J connectivity index is 1.68. The summed E-state index contributed by atoms with van der Waals surface area (Å²) in [5, 5.41) is 8.21. The first kappa shape index (κ1) is 14.3. The zero-order valence-corrected chi connectivity index (χ0v) is 12.4. The number of hydrogen-bond acceptors (Lipinski definition) is 6. The molecule has 3 aromatic rings. The summed E-state index contributed by atoms with van der Waals surface area (Å²) >= 11 is 1.16. The number of benzene rings is 1. The minimum atomic E-state index is -0.379. The largest absolute Gasteiger partial charge is 0.346 e. The molecule has 2 heterocycles. The molecule has 1 N–H and O–H groups in total. The molecule has 0 aliphatic carbocycles. The van der Waals surface area contributed by atoms with Gasteiger partial charge in [-0.15, -0.1) is 11.3 Å². The molecule has 1 aromatic carbocycles. The lowest BCUT2D eigenvalue weighted by atomic mass is 10.2. The van der Waals surface area contributed by atoms with Crippen molar-refractivity contribution < 1.29 is 13.7 Å². The summed E-state index contributed by atoms with van der Waals surface area (Å²) in [7, 11) is 0. The van der Waals surface area contributed by atoms with Crippen molar-refractivity contribution in [3.05, 3.63) is 51.9 Å². The predicted molar refractivity (Wildman–Crippen MR) is 77.7 cm³/mol. The summed E-state index contributed by atoms with van der Waals surface area (Å²) in [6.07, 6.45) is 0. The Morgan fingerprint density at radius 1 is 1.36 bits per heavy atom. The van der Waals surface area contributed by atoms with Crippen LogP contribution in [0.1, 0.15) is 21.2 Å². The van der Waals surface area contributed by atoms with Crippen molar-refractivity contribution >= 4 is 17.2 Å². The van der Waals surface area contributed by atoms with E-state index in [9.17, 15) is 9.18 Å². The number of aryl methyl sites for hydroxylation is 1. The van der Waals surface area contributed by atoms with E-state index in [1.165, 1.54) is 6.07 Å². The lowest BCUT2D eigenvalue weighted by molar-refractivity contribution is 0.0950. The van der Waals surface area contributed by atoms with Crippen molar-refractivity contribution in [2.45, 2.75) is 13.5 Å². The van der Waals surface area contributed by atoms with Crippen LogP contribution in [0.25, 0.3) is 11.6 Å². The fourth-order valence-corrected chi connectivity index (χ4v) is 2.48. The molecule has 1 amide bonds. The molecule has 0 bridgehead atoms. The lowest BCUT2D eigenvalue weighted by Gasteiger charge is -2.04. The molecule has 0 saturated heterocycles. The van der Waals surface area contributed by atoms with Gasteiger partial charge < -0.3 is 9.84 Å². The molecule has 3 rings (SSSR count). The van der Waals surface area contributed by atoms with E-state index < -0.39 is 0 Å². The standard InChI is InChI=1S/C14H11FN4O2S/c1-8-17-13(21-19-8)11-7-22-14(18-11)12(20)16-6-9-4-2-3-5-10(9)15/h2-5,7H,6H2,1H3,(H,16,20). The average molecular weight is 318 g/mol. The van der Waals surface area contributed by atoms with E-state index in [2.05, 4.69) is 20.4 Å². The van der Waals surface area contributed by atoms with Crippen molar-refractivity contribution in [3.8, 4) is 11.6 Å². The maximum Gasteiger partial charge on any atom is 0.280 e. The van der Waals surface area contributed by atoms with Crippen LogP contribution in [0.4, 0.5) is 4.39 Å². The fraction of sp³-hybridized carbons (Fsp3) is 0.143. The highest BCUT2D eigenvalue weighted by atomic mass is 32.1. The van der Waals surface area contributed by atoms with E-state index in [-0.39, 0.29) is 29.2 Å². The second-order valence-corrected chi connectivity index (χ2v) is 5.32. The molecule has 0 saturated carbocycles. The SMILES string of the molecule is Cc1noc(-c2csc(C(=O)NCc3ccccc3F)n2)n1. The summed E-state index contributed by atoms with van der Waals surface area (Å²) < 4.78 is 18.5. The van der Waals surface area contributed by atoms with Crippen LogP contribution in [0.15, 0.2) is 34.2 Å².